The second-order valence-corrected chi connectivity index (χ2v) is 7.61. The van der Waals surface area contributed by atoms with Crippen molar-refractivity contribution in [2.24, 2.45) is 0 Å². The van der Waals surface area contributed by atoms with Crippen LogP contribution in [0.5, 0.6) is 0 Å². The summed E-state index contributed by atoms with van der Waals surface area (Å²) < 4.78 is 0. The van der Waals surface area contributed by atoms with E-state index in [2.05, 4.69) is 89.0 Å². The first-order chi connectivity index (χ1) is 14.1. The summed E-state index contributed by atoms with van der Waals surface area (Å²) in [5, 5.41) is 0. The zero-order valence-electron chi connectivity index (χ0n) is 17.5. The van der Waals surface area contributed by atoms with E-state index in [0.29, 0.717) is 0 Å². The number of rotatable bonds is 5. The zero-order chi connectivity index (χ0) is 20.2. The topological polar surface area (TPSA) is 35.5 Å². The lowest BCUT2D eigenvalue weighted by Crippen LogP contribution is -2.47. The Morgan fingerprint density at radius 3 is 2.24 bits per heavy atom. The highest BCUT2D eigenvalue weighted by atomic mass is 15.3. The number of piperazine rings is 1. The Morgan fingerprint density at radius 1 is 0.862 bits per heavy atom. The third kappa shape index (κ3) is 4.34. The van der Waals surface area contributed by atoms with Gasteiger partial charge < -0.3 is 14.7 Å². The quantitative estimate of drug-likeness (QED) is 0.640. The molecule has 2 heterocycles. The predicted molar refractivity (Wildman–Crippen MR) is 121 cm³/mol. The Morgan fingerprint density at radius 2 is 1.55 bits per heavy atom. The first kappa shape index (κ1) is 19.2. The number of hydrogen-bond donors (Lipinski definition) is 0. The lowest BCUT2D eigenvalue weighted by atomic mass is 10.2. The van der Waals surface area contributed by atoms with Crippen LogP contribution in [0.1, 0.15) is 18.1 Å². The molecule has 0 aliphatic carbocycles. The summed E-state index contributed by atoms with van der Waals surface area (Å²) in [6.07, 6.45) is 1.88. The Hall–Kier alpha value is -3.08. The average Bonchev–Trinajstić information content (AvgIpc) is 2.75. The van der Waals surface area contributed by atoms with Crippen molar-refractivity contribution in [1.29, 1.82) is 0 Å². The van der Waals surface area contributed by atoms with E-state index in [0.717, 1.165) is 50.2 Å². The van der Waals surface area contributed by atoms with Gasteiger partial charge in [-0.1, -0.05) is 24.3 Å². The van der Waals surface area contributed by atoms with Crippen molar-refractivity contribution in [3.63, 3.8) is 0 Å². The molecular formula is C24H29N5. The largest absolute Gasteiger partial charge is 0.368 e. The predicted octanol–water partition coefficient (Wildman–Crippen LogP) is 4.58. The van der Waals surface area contributed by atoms with Gasteiger partial charge in [-0.15, -0.1) is 0 Å². The molecule has 1 aliphatic heterocycles. The van der Waals surface area contributed by atoms with Crippen molar-refractivity contribution in [1.82, 2.24) is 9.97 Å². The maximum Gasteiger partial charge on any atom is 0.231 e. The van der Waals surface area contributed by atoms with Gasteiger partial charge in [0, 0.05) is 50.3 Å². The van der Waals surface area contributed by atoms with Crippen molar-refractivity contribution in [2.45, 2.75) is 20.8 Å². The lowest BCUT2D eigenvalue weighted by Gasteiger charge is -2.37. The summed E-state index contributed by atoms with van der Waals surface area (Å²) in [4.78, 5) is 16.5. The van der Waals surface area contributed by atoms with E-state index >= 15 is 0 Å². The molecule has 0 atom stereocenters. The van der Waals surface area contributed by atoms with Crippen LogP contribution in [0.25, 0.3) is 0 Å². The highest BCUT2D eigenvalue weighted by Gasteiger charge is 2.20. The summed E-state index contributed by atoms with van der Waals surface area (Å²) in [6, 6.07) is 19.3. The third-order valence-electron chi connectivity index (χ3n) is 5.47. The fourth-order valence-corrected chi connectivity index (χ4v) is 3.90. The molecule has 3 aromatic rings. The van der Waals surface area contributed by atoms with Crippen LogP contribution in [0, 0.1) is 13.8 Å². The molecule has 4 rings (SSSR count). The van der Waals surface area contributed by atoms with Crippen molar-refractivity contribution in [2.75, 3.05) is 47.4 Å². The van der Waals surface area contributed by atoms with Gasteiger partial charge in [-0.2, -0.15) is 4.98 Å². The molecular weight excluding hydrogens is 358 g/mol. The van der Waals surface area contributed by atoms with E-state index in [9.17, 15) is 0 Å². The minimum Gasteiger partial charge on any atom is -0.368 e. The van der Waals surface area contributed by atoms with Crippen LogP contribution in [0.4, 0.5) is 23.1 Å². The summed E-state index contributed by atoms with van der Waals surface area (Å²) in [7, 11) is 0. The zero-order valence-corrected chi connectivity index (χ0v) is 17.5. The molecule has 1 aromatic heterocycles. The van der Waals surface area contributed by atoms with Crippen LogP contribution in [0.2, 0.25) is 0 Å². The normalized spacial score (nSPS) is 14.2. The van der Waals surface area contributed by atoms with Crippen molar-refractivity contribution >= 4 is 23.1 Å². The number of benzene rings is 2. The molecule has 0 spiro atoms. The summed E-state index contributed by atoms with van der Waals surface area (Å²) in [6.45, 7) is 11.1. The van der Waals surface area contributed by atoms with Crippen molar-refractivity contribution < 1.29 is 0 Å². The van der Waals surface area contributed by atoms with Gasteiger partial charge in [-0.05, 0) is 62.2 Å². The Balaban J connectivity index is 1.49. The third-order valence-corrected chi connectivity index (χ3v) is 5.47. The Labute approximate surface area is 173 Å². The van der Waals surface area contributed by atoms with Gasteiger partial charge in [0.2, 0.25) is 5.95 Å². The maximum absolute atomic E-state index is 4.91. The highest BCUT2D eigenvalue weighted by molar-refractivity contribution is 5.59. The summed E-state index contributed by atoms with van der Waals surface area (Å²) >= 11 is 0. The molecule has 0 radical (unpaired) electrons. The van der Waals surface area contributed by atoms with Crippen molar-refractivity contribution in [3.05, 3.63) is 71.9 Å². The Bertz CT molecular complexity index is 963. The van der Waals surface area contributed by atoms with Gasteiger partial charge in [0.25, 0.3) is 0 Å². The maximum atomic E-state index is 4.91. The van der Waals surface area contributed by atoms with Gasteiger partial charge in [0.05, 0.1) is 0 Å². The van der Waals surface area contributed by atoms with Crippen LogP contribution in [0.15, 0.2) is 60.8 Å². The van der Waals surface area contributed by atoms with E-state index in [-0.39, 0.29) is 0 Å². The van der Waals surface area contributed by atoms with E-state index in [4.69, 9.17) is 4.98 Å². The van der Waals surface area contributed by atoms with E-state index in [1.165, 1.54) is 16.8 Å². The van der Waals surface area contributed by atoms with Gasteiger partial charge in [-0.3, -0.25) is 0 Å². The van der Waals surface area contributed by atoms with Crippen LogP contribution < -0.4 is 14.7 Å². The summed E-state index contributed by atoms with van der Waals surface area (Å²) in [5.74, 6) is 1.77. The molecule has 150 valence electrons. The van der Waals surface area contributed by atoms with Crippen LogP contribution >= 0.6 is 0 Å². The second-order valence-electron chi connectivity index (χ2n) is 7.61. The van der Waals surface area contributed by atoms with E-state index in [1.807, 2.05) is 12.3 Å². The fourth-order valence-electron chi connectivity index (χ4n) is 3.90. The number of nitrogens with zero attached hydrogens (tertiary/aromatic N) is 5. The van der Waals surface area contributed by atoms with Gasteiger partial charge in [0.1, 0.15) is 5.82 Å². The minimum absolute atomic E-state index is 0.761. The number of aryl methyl sites for hydroxylation is 2. The first-order valence-corrected chi connectivity index (χ1v) is 10.4. The SMILES string of the molecule is CCN(c1cccc(C)c1)c1nccc(N2CCN(c3cccc(C)c3)CC2)n1. The molecule has 0 bridgehead atoms. The van der Waals surface area contributed by atoms with Crippen LogP contribution in [-0.2, 0) is 0 Å². The van der Waals surface area contributed by atoms with Gasteiger partial charge >= 0.3 is 0 Å². The number of anilines is 4. The molecule has 29 heavy (non-hydrogen) atoms. The minimum atomic E-state index is 0.761. The molecule has 5 heteroatoms. The standard InChI is InChI=1S/C24H29N5/c1-4-29(22-10-6-8-20(3)18-22)24-25-12-11-23(26-24)28-15-13-27(14-16-28)21-9-5-7-19(2)17-21/h5-12,17-18H,4,13-16H2,1-3H3. The molecule has 1 aliphatic rings. The molecule has 0 unspecified atom stereocenters. The number of hydrogen-bond acceptors (Lipinski definition) is 5. The molecule has 2 aromatic carbocycles. The highest BCUT2D eigenvalue weighted by Crippen LogP contribution is 2.25. The fraction of sp³-hybridized carbons (Fsp3) is 0.333. The molecule has 0 N–H and O–H groups in total. The smallest absolute Gasteiger partial charge is 0.231 e. The van der Waals surface area contributed by atoms with Crippen molar-refractivity contribution in [3.8, 4) is 0 Å². The lowest BCUT2D eigenvalue weighted by molar-refractivity contribution is 0.646. The average molecular weight is 388 g/mol. The summed E-state index contributed by atoms with van der Waals surface area (Å²) in [5.41, 5.74) is 4.99. The first-order valence-electron chi connectivity index (χ1n) is 10.4. The van der Waals surface area contributed by atoms with Crippen LogP contribution in [0.3, 0.4) is 0 Å². The molecule has 0 saturated carbocycles. The molecule has 0 amide bonds. The monoisotopic (exact) mass is 387 g/mol. The van der Waals surface area contributed by atoms with Gasteiger partial charge in [-0.25, -0.2) is 4.98 Å². The molecule has 5 nitrogen and oxygen atoms in total. The van der Waals surface area contributed by atoms with E-state index in [1.54, 1.807) is 0 Å². The number of aromatic nitrogens is 2. The van der Waals surface area contributed by atoms with Gasteiger partial charge in [0.15, 0.2) is 0 Å². The van der Waals surface area contributed by atoms with Crippen LogP contribution in [-0.4, -0.2) is 42.7 Å². The second kappa shape index (κ2) is 8.52. The molecule has 1 fully saturated rings. The van der Waals surface area contributed by atoms with E-state index < -0.39 is 0 Å². The Kier molecular flexibility index (Phi) is 5.65. The molecule has 1 saturated heterocycles.